The fourth-order valence-electron chi connectivity index (χ4n) is 6.39. The average Bonchev–Trinajstić information content (AvgIpc) is 3.25. The maximum atomic E-state index is 12.3. The zero-order valence-electron chi connectivity index (χ0n) is 40.2. The number of nitrogens with one attached hydrogen (secondary N) is 5. The molecule has 0 aromatic carbocycles. The van der Waals surface area contributed by atoms with Crippen molar-refractivity contribution in [1.29, 1.82) is 0 Å². The third kappa shape index (κ3) is 40.1. The van der Waals surface area contributed by atoms with Crippen LogP contribution in [0.25, 0.3) is 0 Å². The van der Waals surface area contributed by atoms with Crippen LogP contribution in [0.5, 0.6) is 0 Å². The molecule has 382 valence electrons. The third-order valence-corrected chi connectivity index (χ3v) is 10.3. The van der Waals surface area contributed by atoms with Crippen LogP contribution in [0.2, 0.25) is 0 Å². The molecule has 0 fully saturated rings. The van der Waals surface area contributed by atoms with Gasteiger partial charge in [0.2, 0.25) is 29.5 Å². The second-order valence-electron chi connectivity index (χ2n) is 17.1. The lowest BCUT2D eigenvalue weighted by Crippen LogP contribution is -2.53. The van der Waals surface area contributed by atoms with Gasteiger partial charge in [-0.2, -0.15) is 0 Å². The topological polar surface area (TPSA) is 300 Å². The molecule has 2 atom stereocenters. The Morgan fingerprint density at radius 3 is 1.36 bits per heavy atom. The summed E-state index contributed by atoms with van der Waals surface area (Å²) >= 11 is 0. The molecule has 0 aliphatic rings. The molecule has 0 saturated heterocycles. The van der Waals surface area contributed by atoms with E-state index < -0.39 is 35.5 Å². The quantitative estimate of drug-likeness (QED) is 0.0407. The number of hydrogen-bond donors (Lipinski definition) is 8. The first kappa shape index (κ1) is 61.8. The number of carboxylic acid groups (broad SMARTS) is 2. The van der Waals surface area contributed by atoms with Gasteiger partial charge in [0, 0.05) is 38.9 Å². The first-order chi connectivity index (χ1) is 31.5. The number of carbonyl (C=O) groups is 8. The van der Waals surface area contributed by atoms with Gasteiger partial charge in [0.1, 0.15) is 19.3 Å². The molecule has 9 N–H and O–H groups in total. The summed E-state index contributed by atoms with van der Waals surface area (Å²) in [6.07, 6.45) is 17.1. The van der Waals surface area contributed by atoms with Crippen LogP contribution in [0, 0.1) is 0 Å². The lowest BCUT2D eigenvalue weighted by Gasteiger charge is -2.22. The van der Waals surface area contributed by atoms with Crippen LogP contribution in [0.1, 0.15) is 156 Å². The van der Waals surface area contributed by atoms with Gasteiger partial charge in [0.15, 0.2) is 5.78 Å². The Morgan fingerprint density at radius 2 is 0.909 bits per heavy atom. The predicted molar refractivity (Wildman–Crippen MR) is 247 cm³/mol. The van der Waals surface area contributed by atoms with E-state index in [2.05, 4.69) is 26.6 Å². The van der Waals surface area contributed by atoms with Crippen molar-refractivity contribution in [2.75, 3.05) is 72.5 Å². The van der Waals surface area contributed by atoms with E-state index >= 15 is 0 Å². The van der Waals surface area contributed by atoms with Crippen LogP contribution in [0.3, 0.4) is 0 Å². The highest BCUT2D eigenvalue weighted by Gasteiger charge is 2.26. The van der Waals surface area contributed by atoms with Crippen molar-refractivity contribution in [1.82, 2.24) is 26.6 Å². The molecule has 66 heavy (non-hydrogen) atoms. The van der Waals surface area contributed by atoms with Crippen LogP contribution >= 0.6 is 0 Å². The second kappa shape index (κ2) is 41.0. The van der Waals surface area contributed by atoms with Gasteiger partial charge in [0.25, 0.3) is 0 Å². The maximum Gasteiger partial charge on any atom is 0.326 e. The van der Waals surface area contributed by atoms with Crippen LogP contribution in [0.4, 0.5) is 0 Å². The SMILES string of the molecule is CC(=O)[C@H](CCCCNC(=O)COCCOCCNC(=O)COCCOCCNC(=O)CC[C@H](NC(=O)CCCCCCCCCCCCCCCCC(=O)O)C(=O)O)NC(=O)C(C)(C)N. The molecule has 0 saturated carbocycles. The minimum atomic E-state index is -1.19. The Bertz CT molecular complexity index is 1380. The number of aliphatic carboxylic acids is 2. The summed E-state index contributed by atoms with van der Waals surface area (Å²) in [7, 11) is 0. The Balaban J connectivity index is 3.71. The van der Waals surface area contributed by atoms with Crippen molar-refractivity contribution in [3.05, 3.63) is 0 Å². The highest BCUT2D eigenvalue weighted by molar-refractivity contribution is 5.91. The molecule has 0 aliphatic carbocycles. The first-order valence-electron chi connectivity index (χ1n) is 24.0. The van der Waals surface area contributed by atoms with Gasteiger partial charge in [-0.3, -0.25) is 33.6 Å². The van der Waals surface area contributed by atoms with E-state index in [0.29, 0.717) is 32.2 Å². The maximum absolute atomic E-state index is 12.3. The Hall–Kier alpha value is -4.24. The lowest BCUT2D eigenvalue weighted by molar-refractivity contribution is -0.142. The van der Waals surface area contributed by atoms with Crippen LogP contribution < -0.4 is 32.3 Å². The van der Waals surface area contributed by atoms with Crippen molar-refractivity contribution in [2.24, 2.45) is 5.73 Å². The summed E-state index contributed by atoms with van der Waals surface area (Å²) in [5.74, 6) is -3.79. The van der Waals surface area contributed by atoms with Gasteiger partial charge in [-0.15, -0.1) is 0 Å². The number of carboxylic acids is 2. The van der Waals surface area contributed by atoms with Gasteiger partial charge in [0.05, 0.1) is 51.2 Å². The van der Waals surface area contributed by atoms with Gasteiger partial charge in [-0.25, -0.2) is 4.79 Å². The highest BCUT2D eigenvalue weighted by atomic mass is 16.5. The number of hydrogen-bond acceptors (Lipinski definition) is 13. The van der Waals surface area contributed by atoms with Crippen molar-refractivity contribution in [3.8, 4) is 0 Å². The molecule has 0 radical (unpaired) electrons. The smallest absolute Gasteiger partial charge is 0.326 e. The molecular weight excluding hydrogens is 861 g/mol. The summed E-state index contributed by atoms with van der Waals surface area (Å²) < 4.78 is 21.4. The van der Waals surface area contributed by atoms with Gasteiger partial charge in [-0.1, -0.05) is 77.0 Å². The Labute approximate surface area is 392 Å². The molecule has 0 heterocycles. The zero-order valence-corrected chi connectivity index (χ0v) is 40.2. The molecule has 0 aromatic heterocycles. The number of nitrogens with two attached hydrogens (primary N) is 1. The molecular formula is C46H84N6O14. The summed E-state index contributed by atoms with van der Waals surface area (Å²) in [5.41, 5.74) is 4.69. The van der Waals surface area contributed by atoms with Gasteiger partial charge < -0.3 is 61.5 Å². The Morgan fingerprint density at radius 1 is 0.470 bits per heavy atom. The number of carbonyl (C=O) groups excluding carboxylic acids is 6. The van der Waals surface area contributed by atoms with Gasteiger partial charge >= 0.3 is 11.9 Å². The first-order valence-corrected chi connectivity index (χ1v) is 24.0. The number of amides is 5. The molecule has 5 amide bonds. The number of ether oxygens (including phenoxy) is 4. The van der Waals surface area contributed by atoms with Crippen LogP contribution in [0.15, 0.2) is 0 Å². The summed E-state index contributed by atoms with van der Waals surface area (Å²) in [4.78, 5) is 94.6. The van der Waals surface area contributed by atoms with E-state index in [1.807, 2.05) is 0 Å². The summed E-state index contributed by atoms with van der Waals surface area (Å²) in [5, 5.41) is 31.4. The second-order valence-corrected chi connectivity index (χ2v) is 17.1. The zero-order chi connectivity index (χ0) is 49.3. The largest absolute Gasteiger partial charge is 0.481 e. The van der Waals surface area contributed by atoms with Crippen LogP contribution in [-0.4, -0.2) is 148 Å². The van der Waals surface area contributed by atoms with E-state index in [-0.39, 0.29) is 121 Å². The number of Topliss-reactive ketones (excluding diaryl/α,β-unsaturated/α-hetero) is 1. The predicted octanol–water partition coefficient (Wildman–Crippen LogP) is 3.06. The number of rotatable bonds is 46. The number of unbranched alkanes of at least 4 members (excludes halogenated alkanes) is 14. The van der Waals surface area contributed by atoms with Crippen molar-refractivity contribution in [2.45, 2.75) is 173 Å². The molecule has 20 nitrogen and oxygen atoms in total. The average molecular weight is 945 g/mol. The van der Waals surface area contributed by atoms with Gasteiger partial charge in [-0.05, 0) is 59.3 Å². The fraction of sp³-hybridized carbons (Fsp3) is 0.826. The summed E-state index contributed by atoms with van der Waals surface area (Å²) in [6.45, 7) is 6.24. The number of ketones is 1. The molecule has 0 spiro atoms. The van der Waals surface area contributed by atoms with Crippen molar-refractivity contribution >= 4 is 47.3 Å². The lowest BCUT2D eigenvalue weighted by atomic mass is 10.0. The van der Waals surface area contributed by atoms with E-state index in [0.717, 1.165) is 44.9 Å². The van der Waals surface area contributed by atoms with E-state index in [1.54, 1.807) is 13.8 Å². The minimum Gasteiger partial charge on any atom is -0.481 e. The normalized spacial score (nSPS) is 12.2. The summed E-state index contributed by atoms with van der Waals surface area (Å²) in [6, 6.07) is -1.77. The standard InChI is InChI=1S/C46H84N6O14/c1-36(53)37(52-45(62)46(2,3)47)20-18-19-25-48-41(56)34-65-32-31-64-29-27-50-42(57)35-66-33-30-63-28-26-49-39(54)24-23-38(44(60)61)51-40(55)21-16-14-12-10-8-6-4-5-7-9-11-13-15-17-22-43(58)59/h37-38H,4-35,47H2,1-3H3,(H,48,56)(H,49,54)(H,50,57)(H,51,55)(H,52,62)(H,58,59)(H,60,61)/t37-,38-/m0/s1. The monoisotopic (exact) mass is 945 g/mol. The Kier molecular flexibility index (Phi) is 38.4. The van der Waals surface area contributed by atoms with E-state index in [1.165, 1.54) is 45.4 Å². The molecule has 0 aliphatic heterocycles. The third-order valence-electron chi connectivity index (χ3n) is 10.3. The van der Waals surface area contributed by atoms with E-state index in [4.69, 9.17) is 29.8 Å². The minimum absolute atomic E-state index is 0.0349. The van der Waals surface area contributed by atoms with Crippen LogP contribution in [-0.2, 0) is 57.3 Å². The fourth-order valence-corrected chi connectivity index (χ4v) is 6.39. The molecule has 0 unspecified atom stereocenters. The molecule has 0 bridgehead atoms. The highest BCUT2D eigenvalue weighted by Crippen LogP contribution is 2.14. The molecule has 0 aromatic rings. The van der Waals surface area contributed by atoms with Crippen molar-refractivity contribution in [3.63, 3.8) is 0 Å². The molecule has 0 rings (SSSR count). The van der Waals surface area contributed by atoms with Crippen molar-refractivity contribution < 1.29 is 67.5 Å². The molecule has 20 heteroatoms. The van der Waals surface area contributed by atoms with E-state index in [9.17, 15) is 43.5 Å².